The van der Waals surface area contributed by atoms with E-state index in [1.54, 1.807) is 21.7 Å². The molecule has 3 saturated heterocycles. The van der Waals surface area contributed by atoms with E-state index in [-0.39, 0.29) is 28.9 Å². The van der Waals surface area contributed by atoms with Crippen molar-refractivity contribution in [2.45, 2.75) is 38.4 Å². The van der Waals surface area contributed by atoms with Crippen molar-refractivity contribution in [2.24, 2.45) is 11.7 Å². The summed E-state index contributed by atoms with van der Waals surface area (Å²) in [6.45, 7) is 7.71. The van der Waals surface area contributed by atoms with E-state index in [9.17, 15) is 32.3 Å². The van der Waals surface area contributed by atoms with Crippen LogP contribution in [0.25, 0.3) is 11.3 Å². The molecule has 5 N–H and O–H groups in total. The minimum atomic E-state index is -4.65. The van der Waals surface area contributed by atoms with Crippen LogP contribution in [0.15, 0.2) is 84.9 Å². The van der Waals surface area contributed by atoms with E-state index in [1.807, 2.05) is 18.2 Å². The molecule has 4 aliphatic rings. The molecule has 0 bridgehead atoms. The van der Waals surface area contributed by atoms with Gasteiger partial charge in [-0.05, 0) is 97.5 Å². The Balaban J connectivity index is 0.781. The number of amides is 5. The highest BCUT2D eigenvalue weighted by Gasteiger charge is 2.33. The first kappa shape index (κ1) is 41.4. The van der Waals surface area contributed by atoms with Gasteiger partial charge in [0.25, 0.3) is 11.8 Å². The number of benzene rings is 3. The van der Waals surface area contributed by atoms with E-state index in [0.29, 0.717) is 48.9 Å². The van der Waals surface area contributed by atoms with Gasteiger partial charge in [-0.1, -0.05) is 18.2 Å². The molecule has 63 heavy (non-hydrogen) atoms. The molecule has 326 valence electrons. The largest absolute Gasteiger partial charge is 0.433 e. The maximum absolute atomic E-state index is 13.1. The SMILES string of the molecule is NC(=O)c1c(-c2ccc(C(=O)Nc3cccc(C(F)(F)F)n3)cc2)nn2c1Nc1ccc(N3CCN(CC4CCN(c5ccc(N6CCC(=O)NC6=O)cc5)CC4)CC3)cc1CC2. The lowest BCUT2D eigenvalue weighted by molar-refractivity contribution is -0.141. The average molecular weight is 862 g/mol. The minimum Gasteiger partial charge on any atom is -0.372 e. The fraction of sp³-hybridized carbons (Fsp3) is 0.333. The smallest absolute Gasteiger partial charge is 0.372 e. The Hall–Kier alpha value is -6.95. The first-order chi connectivity index (χ1) is 30.4. The number of nitrogens with one attached hydrogen (secondary N) is 3. The maximum atomic E-state index is 13.1. The van der Waals surface area contributed by atoms with Gasteiger partial charge in [-0.15, -0.1) is 0 Å². The maximum Gasteiger partial charge on any atom is 0.433 e. The third-order valence-corrected chi connectivity index (χ3v) is 12.3. The van der Waals surface area contributed by atoms with Crippen LogP contribution >= 0.6 is 0 Å². The van der Waals surface area contributed by atoms with Crippen molar-refractivity contribution in [3.05, 3.63) is 107 Å². The molecule has 5 amide bonds. The summed E-state index contributed by atoms with van der Waals surface area (Å²) in [4.78, 5) is 62.1. The van der Waals surface area contributed by atoms with Crippen molar-refractivity contribution in [1.29, 1.82) is 0 Å². The van der Waals surface area contributed by atoms with Crippen LogP contribution in [0.2, 0.25) is 0 Å². The number of rotatable bonds is 9. The van der Waals surface area contributed by atoms with Gasteiger partial charge in [0.1, 0.15) is 28.6 Å². The molecule has 0 atom stereocenters. The van der Waals surface area contributed by atoms with E-state index >= 15 is 0 Å². The molecule has 4 aliphatic heterocycles. The van der Waals surface area contributed by atoms with Gasteiger partial charge in [0.05, 0.1) is 0 Å². The minimum absolute atomic E-state index is 0.175. The third kappa shape index (κ3) is 8.88. The van der Waals surface area contributed by atoms with Gasteiger partial charge in [-0.25, -0.2) is 14.5 Å². The standard InChI is InChI=1S/C45H46F3N11O4/c46-45(47,48)36-2-1-3-37(51-36)52-43(62)30-6-4-29(5-7-30)40-39(41(49)61)42-50-35-13-12-34(26-31(35)16-21-59(42)54-40)57-24-22-55(23-25-57)27-28-14-18-56(19-15-28)32-8-10-33(11-9-32)58-20-17-38(60)53-44(58)63/h1-13,26,28,50H,14-25,27H2,(H2,49,61)(H,51,52,62)(H,53,60,63). The summed E-state index contributed by atoms with van der Waals surface area (Å²) in [6.07, 6.45) is -1.46. The number of carbonyl (C=O) groups is 4. The summed E-state index contributed by atoms with van der Waals surface area (Å²) < 4.78 is 41.1. The number of primary amides is 1. The number of aryl methyl sites for hydroxylation is 2. The first-order valence-corrected chi connectivity index (χ1v) is 21.1. The number of piperazine rings is 1. The second-order valence-corrected chi connectivity index (χ2v) is 16.3. The highest BCUT2D eigenvalue weighted by molar-refractivity contribution is 6.07. The molecule has 2 aromatic heterocycles. The number of hydrogen-bond acceptors (Lipinski definition) is 10. The summed E-state index contributed by atoms with van der Waals surface area (Å²) in [6, 6.07) is 23.5. The Bertz CT molecular complexity index is 2550. The van der Waals surface area contributed by atoms with Crippen LogP contribution in [-0.4, -0.2) is 95.8 Å². The summed E-state index contributed by atoms with van der Waals surface area (Å²) in [5.74, 6) is -0.688. The molecule has 0 saturated carbocycles. The second kappa shape index (κ2) is 17.1. The number of fused-ring (bicyclic) bond motifs is 2. The lowest BCUT2D eigenvalue weighted by atomic mass is 9.95. The highest BCUT2D eigenvalue weighted by atomic mass is 19.4. The lowest BCUT2D eigenvalue weighted by Gasteiger charge is -2.40. The summed E-state index contributed by atoms with van der Waals surface area (Å²) in [5, 5.41) is 13.0. The summed E-state index contributed by atoms with van der Waals surface area (Å²) >= 11 is 0. The van der Waals surface area contributed by atoms with Crippen molar-refractivity contribution in [1.82, 2.24) is 25.0 Å². The van der Waals surface area contributed by atoms with Crippen LogP contribution in [-0.2, 0) is 23.9 Å². The molecule has 6 heterocycles. The fourth-order valence-corrected chi connectivity index (χ4v) is 8.86. The molecule has 5 aromatic rings. The number of halogens is 3. The normalized spacial score (nSPS) is 17.3. The van der Waals surface area contributed by atoms with Gasteiger partial charge in [-0.2, -0.15) is 18.3 Å². The number of aromatic nitrogens is 3. The molecular formula is C45H46F3N11O4. The zero-order valence-electron chi connectivity index (χ0n) is 34.3. The van der Waals surface area contributed by atoms with E-state index in [1.165, 1.54) is 24.3 Å². The molecule has 18 heteroatoms. The van der Waals surface area contributed by atoms with Crippen LogP contribution in [0.1, 0.15) is 51.2 Å². The predicted molar refractivity (Wildman–Crippen MR) is 232 cm³/mol. The molecule has 0 radical (unpaired) electrons. The average Bonchev–Trinajstić information content (AvgIpc) is 3.55. The van der Waals surface area contributed by atoms with Gasteiger partial charge in [0, 0.05) is 99.2 Å². The molecule has 0 spiro atoms. The number of piperidine rings is 1. The fourth-order valence-electron chi connectivity index (χ4n) is 8.86. The predicted octanol–water partition coefficient (Wildman–Crippen LogP) is 6.10. The third-order valence-electron chi connectivity index (χ3n) is 12.3. The number of anilines is 6. The van der Waals surface area contributed by atoms with Gasteiger partial charge in [-0.3, -0.25) is 29.5 Å². The zero-order valence-corrected chi connectivity index (χ0v) is 34.3. The molecule has 3 fully saturated rings. The number of urea groups is 1. The lowest BCUT2D eigenvalue weighted by Crippen LogP contribution is -2.49. The van der Waals surface area contributed by atoms with Gasteiger partial charge in [0.2, 0.25) is 5.91 Å². The molecule has 9 rings (SSSR count). The van der Waals surface area contributed by atoms with Crippen LogP contribution in [0, 0.1) is 5.92 Å². The number of nitrogens with zero attached hydrogens (tertiary/aromatic N) is 7. The van der Waals surface area contributed by atoms with Crippen LogP contribution in [0.5, 0.6) is 0 Å². The second-order valence-electron chi connectivity index (χ2n) is 16.3. The number of nitrogens with two attached hydrogens (primary N) is 1. The molecule has 0 aliphatic carbocycles. The number of alkyl halides is 3. The van der Waals surface area contributed by atoms with Crippen LogP contribution in [0.3, 0.4) is 0 Å². The topological polar surface area (TPSA) is 174 Å². The van der Waals surface area contributed by atoms with Gasteiger partial charge >= 0.3 is 12.2 Å². The Morgan fingerprint density at radius 3 is 2.17 bits per heavy atom. The Morgan fingerprint density at radius 2 is 1.48 bits per heavy atom. The molecule has 3 aromatic carbocycles. The number of imide groups is 1. The number of hydrogen-bond donors (Lipinski definition) is 4. The Kier molecular flexibility index (Phi) is 11.2. The van der Waals surface area contributed by atoms with Gasteiger partial charge in [0.15, 0.2) is 0 Å². The van der Waals surface area contributed by atoms with Crippen molar-refractivity contribution < 1.29 is 32.3 Å². The van der Waals surface area contributed by atoms with Gasteiger partial charge < -0.3 is 26.2 Å². The molecular weight excluding hydrogens is 816 g/mol. The van der Waals surface area contributed by atoms with Crippen molar-refractivity contribution in [3.8, 4) is 11.3 Å². The zero-order chi connectivity index (χ0) is 43.8. The van der Waals surface area contributed by atoms with E-state index in [0.717, 1.165) is 93.0 Å². The van der Waals surface area contributed by atoms with Crippen molar-refractivity contribution >= 4 is 58.1 Å². The van der Waals surface area contributed by atoms with E-state index < -0.39 is 23.7 Å². The number of pyridine rings is 1. The highest BCUT2D eigenvalue weighted by Crippen LogP contribution is 2.37. The van der Waals surface area contributed by atoms with Crippen LogP contribution < -0.4 is 36.4 Å². The first-order valence-electron chi connectivity index (χ1n) is 21.1. The Labute approximate surface area is 361 Å². The number of carbonyl (C=O) groups excluding carboxylic acids is 4. The monoisotopic (exact) mass is 861 g/mol. The quantitative estimate of drug-likeness (QED) is 0.136. The van der Waals surface area contributed by atoms with Crippen molar-refractivity contribution in [2.75, 3.05) is 77.7 Å². The molecule has 0 unspecified atom stereocenters. The van der Waals surface area contributed by atoms with E-state index in [4.69, 9.17) is 10.8 Å². The van der Waals surface area contributed by atoms with E-state index in [2.05, 4.69) is 59.9 Å². The molecule has 15 nitrogen and oxygen atoms in total. The Morgan fingerprint density at radius 1 is 0.778 bits per heavy atom. The van der Waals surface area contributed by atoms with Crippen LogP contribution in [0.4, 0.5) is 52.4 Å². The summed E-state index contributed by atoms with van der Waals surface area (Å²) in [7, 11) is 0. The van der Waals surface area contributed by atoms with Crippen molar-refractivity contribution in [3.63, 3.8) is 0 Å². The summed E-state index contributed by atoms with van der Waals surface area (Å²) in [5.41, 5.74) is 11.1.